The molecule has 13 nitrogen and oxygen atoms in total. The van der Waals surface area contributed by atoms with Crippen LogP contribution >= 0.6 is 0 Å². The van der Waals surface area contributed by atoms with E-state index in [0.717, 1.165) is 73.4 Å². The number of benzene rings is 2. The second kappa shape index (κ2) is 16.7. The zero-order chi connectivity index (χ0) is 40.2. The predicted octanol–water partition coefficient (Wildman–Crippen LogP) is 6.40. The van der Waals surface area contributed by atoms with Crippen LogP contribution in [0, 0.1) is 44.9 Å². The minimum absolute atomic E-state index is 0.186. The highest BCUT2D eigenvalue weighted by atomic mass is 16.4. The molecule has 2 aromatic heterocycles. The Bertz CT molecular complexity index is 2070. The van der Waals surface area contributed by atoms with Crippen molar-refractivity contribution in [1.82, 2.24) is 19.9 Å². The molecule has 13 heteroatoms. The van der Waals surface area contributed by atoms with Gasteiger partial charge in [0.15, 0.2) is 0 Å². The molecule has 1 aliphatic heterocycles. The van der Waals surface area contributed by atoms with Gasteiger partial charge in [0.05, 0.1) is 39.6 Å². The molecular formula is C42H51N7O6. The van der Waals surface area contributed by atoms with Crippen molar-refractivity contribution < 1.29 is 29.4 Å². The molecule has 2 amide bonds. The first-order valence-electron chi connectivity index (χ1n) is 18.7. The van der Waals surface area contributed by atoms with E-state index in [1.807, 2.05) is 64.1 Å². The molecule has 3 heterocycles. The molecule has 1 aliphatic carbocycles. The predicted molar refractivity (Wildman–Crippen MR) is 210 cm³/mol. The number of amides is 2. The standard InChI is InChI=1S/C23H29N3O3.C19H22N4O3/c1-13-19(26-20(21(24)27)14(2)25-13)17-7-5-15(6-8-17)16-9-11-18(12-10-16)23(3,4)22(28)29;1-11-17(22-18(19(20)26)12(2)21-11)14-3-5-15(6-4-14)23-8-7-13(10-23)9-16(24)25/h5-8,16,18H,9-12H2,1-4H3,(H2,24,27)(H,28,29);3-6,13H,7-10H2,1-2H3,(H2,20,26)(H,24,25)/t16-,18-;. The summed E-state index contributed by atoms with van der Waals surface area (Å²) >= 11 is 0. The van der Waals surface area contributed by atoms with Crippen LogP contribution in [0.4, 0.5) is 5.69 Å². The largest absolute Gasteiger partial charge is 0.481 e. The van der Waals surface area contributed by atoms with E-state index in [0.29, 0.717) is 28.7 Å². The second-order valence-electron chi connectivity index (χ2n) is 15.4. The van der Waals surface area contributed by atoms with Crippen molar-refractivity contribution in [3.05, 3.63) is 88.3 Å². The summed E-state index contributed by atoms with van der Waals surface area (Å²) in [7, 11) is 0. The number of hydrogen-bond acceptors (Lipinski definition) is 9. The number of nitrogens with zero attached hydrogens (tertiary/aromatic N) is 5. The maximum absolute atomic E-state index is 11.6. The van der Waals surface area contributed by atoms with Crippen molar-refractivity contribution in [2.24, 2.45) is 28.7 Å². The van der Waals surface area contributed by atoms with E-state index in [-0.39, 0.29) is 29.6 Å². The fourth-order valence-electron chi connectivity index (χ4n) is 7.82. The van der Waals surface area contributed by atoms with Crippen LogP contribution in [0.2, 0.25) is 0 Å². The number of primary amides is 2. The molecular weight excluding hydrogens is 699 g/mol. The van der Waals surface area contributed by atoms with E-state index in [2.05, 4.69) is 37.0 Å². The molecule has 0 bridgehead atoms. The third-order valence-corrected chi connectivity index (χ3v) is 11.2. The number of anilines is 1. The average Bonchev–Trinajstić information content (AvgIpc) is 3.60. The lowest BCUT2D eigenvalue weighted by Gasteiger charge is -2.36. The third kappa shape index (κ3) is 9.33. The molecule has 0 radical (unpaired) electrons. The van der Waals surface area contributed by atoms with Gasteiger partial charge in [0.2, 0.25) is 0 Å². The monoisotopic (exact) mass is 749 g/mol. The number of carboxylic acids is 2. The smallest absolute Gasteiger partial charge is 0.309 e. The fraction of sp³-hybridized carbons (Fsp3) is 0.429. The Kier molecular flexibility index (Phi) is 12.3. The first-order chi connectivity index (χ1) is 26.0. The number of aromatic nitrogens is 4. The van der Waals surface area contributed by atoms with Gasteiger partial charge in [0.1, 0.15) is 11.4 Å². The van der Waals surface area contributed by atoms with Crippen LogP contribution in [-0.4, -0.2) is 67.0 Å². The Hall–Kier alpha value is -5.72. The number of carbonyl (C=O) groups excluding carboxylic acids is 2. The molecule has 1 unspecified atom stereocenters. The van der Waals surface area contributed by atoms with Crippen LogP contribution in [0.3, 0.4) is 0 Å². The number of aryl methyl sites for hydroxylation is 4. The first-order valence-corrected chi connectivity index (χ1v) is 18.7. The van der Waals surface area contributed by atoms with Gasteiger partial charge in [-0.05, 0) is 109 Å². The van der Waals surface area contributed by atoms with Gasteiger partial charge in [-0.1, -0.05) is 36.4 Å². The molecule has 2 aliphatic rings. The van der Waals surface area contributed by atoms with Gasteiger partial charge in [-0.25, -0.2) is 9.97 Å². The van der Waals surface area contributed by atoms with E-state index in [1.165, 1.54) is 5.56 Å². The minimum atomic E-state index is -0.745. The molecule has 0 spiro atoms. The summed E-state index contributed by atoms with van der Waals surface area (Å²) < 4.78 is 0. The van der Waals surface area contributed by atoms with Crippen LogP contribution in [0.15, 0.2) is 48.5 Å². The average molecular weight is 750 g/mol. The second-order valence-corrected chi connectivity index (χ2v) is 15.4. The summed E-state index contributed by atoms with van der Waals surface area (Å²) in [4.78, 5) is 65.3. The summed E-state index contributed by atoms with van der Waals surface area (Å²) in [5.41, 5.74) is 18.5. The lowest BCUT2D eigenvalue weighted by atomic mass is 9.68. The normalized spacial score (nSPS) is 18.3. The van der Waals surface area contributed by atoms with Gasteiger partial charge in [-0.15, -0.1) is 0 Å². The number of carboxylic acid groups (broad SMARTS) is 2. The molecule has 1 saturated carbocycles. The van der Waals surface area contributed by atoms with Gasteiger partial charge in [0, 0.05) is 36.3 Å². The van der Waals surface area contributed by atoms with Crippen molar-refractivity contribution in [3.8, 4) is 22.5 Å². The van der Waals surface area contributed by atoms with Crippen molar-refractivity contribution in [2.75, 3.05) is 18.0 Å². The van der Waals surface area contributed by atoms with Crippen LogP contribution in [0.1, 0.15) is 108 Å². The van der Waals surface area contributed by atoms with Gasteiger partial charge < -0.3 is 26.6 Å². The van der Waals surface area contributed by atoms with Crippen molar-refractivity contribution in [2.45, 2.75) is 86.0 Å². The maximum atomic E-state index is 11.6. The van der Waals surface area contributed by atoms with E-state index in [9.17, 15) is 24.3 Å². The number of rotatable bonds is 10. The minimum Gasteiger partial charge on any atom is -0.481 e. The summed E-state index contributed by atoms with van der Waals surface area (Å²) in [5.74, 6) is -1.77. The highest BCUT2D eigenvalue weighted by molar-refractivity contribution is 5.93. The summed E-state index contributed by atoms with van der Waals surface area (Å²) in [6.45, 7) is 12.4. The Morgan fingerprint density at radius 1 is 0.691 bits per heavy atom. The molecule has 4 aromatic rings. The van der Waals surface area contributed by atoms with Crippen LogP contribution in [0.5, 0.6) is 0 Å². The topological polar surface area (TPSA) is 216 Å². The molecule has 2 fully saturated rings. The zero-order valence-corrected chi connectivity index (χ0v) is 32.4. The number of nitrogens with two attached hydrogens (primary N) is 2. The fourth-order valence-corrected chi connectivity index (χ4v) is 7.82. The summed E-state index contributed by atoms with van der Waals surface area (Å²) in [6.07, 6.45) is 4.94. The quantitative estimate of drug-likeness (QED) is 0.139. The lowest BCUT2D eigenvalue weighted by Crippen LogP contribution is -2.35. The molecule has 290 valence electrons. The third-order valence-electron chi connectivity index (χ3n) is 11.2. The Morgan fingerprint density at radius 3 is 1.60 bits per heavy atom. The molecule has 6 rings (SSSR count). The van der Waals surface area contributed by atoms with Crippen LogP contribution in [-0.2, 0) is 9.59 Å². The van der Waals surface area contributed by atoms with Gasteiger partial charge >= 0.3 is 11.9 Å². The van der Waals surface area contributed by atoms with Gasteiger partial charge in [-0.2, -0.15) is 0 Å². The molecule has 2 aromatic carbocycles. The van der Waals surface area contributed by atoms with Crippen LogP contribution in [0.25, 0.3) is 22.5 Å². The Morgan fingerprint density at radius 2 is 1.16 bits per heavy atom. The highest BCUT2D eigenvalue weighted by Crippen LogP contribution is 2.44. The summed E-state index contributed by atoms with van der Waals surface area (Å²) in [5, 5.41) is 18.4. The van der Waals surface area contributed by atoms with Gasteiger partial charge in [0.25, 0.3) is 11.8 Å². The van der Waals surface area contributed by atoms with Crippen molar-refractivity contribution in [1.29, 1.82) is 0 Å². The molecule has 1 atom stereocenters. The number of hydrogen-bond donors (Lipinski definition) is 4. The summed E-state index contributed by atoms with van der Waals surface area (Å²) in [6, 6.07) is 16.1. The molecule has 6 N–H and O–H groups in total. The van der Waals surface area contributed by atoms with Crippen molar-refractivity contribution in [3.63, 3.8) is 0 Å². The molecule has 1 saturated heterocycles. The molecule has 55 heavy (non-hydrogen) atoms. The SMILES string of the molecule is Cc1nc(C)c(-c2ccc(N3CCC(CC(=O)O)C3)cc2)nc1C(N)=O.Cc1nc(C)c(-c2ccc([C@H]3CC[C@H](C(C)(C)C(=O)O)CC3)cc2)nc1C(N)=O. The Balaban J connectivity index is 0.000000212. The van der Waals surface area contributed by atoms with E-state index in [4.69, 9.17) is 16.6 Å². The lowest BCUT2D eigenvalue weighted by molar-refractivity contribution is -0.151. The van der Waals surface area contributed by atoms with Gasteiger partial charge in [-0.3, -0.25) is 29.1 Å². The van der Waals surface area contributed by atoms with Crippen molar-refractivity contribution >= 4 is 29.4 Å². The Labute approximate surface area is 321 Å². The van der Waals surface area contributed by atoms with E-state index >= 15 is 0 Å². The van der Waals surface area contributed by atoms with E-state index in [1.54, 1.807) is 13.8 Å². The highest BCUT2D eigenvalue weighted by Gasteiger charge is 2.39. The zero-order valence-electron chi connectivity index (χ0n) is 32.4. The van der Waals surface area contributed by atoms with Crippen LogP contribution < -0.4 is 16.4 Å². The first kappa shape index (κ1) is 40.5. The van der Waals surface area contributed by atoms with E-state index < -0.39 is 29.2 Å². The number of carbonyl (C=O) groups is 4. The number of aliphatic carboxylic acids is 2. The maximum Gasteiger partial charge on any atom is 0.309 e.